The molecule has 0 unspecified atom stereocenters. The largest absolute Gasteiger partial charge is 0.316 e. The van der Waals surface area contributed by atoms with Crippen molar-refractivity contribution < 1.29 is 0 Å². The predicted molar refractivity (Wildman–Crippen MR) is 61.1 cm³/mol. The summed E-state index contributed by atoms with van der Waals surface area (Å²) in [7, 11) is 0. The molecule has 2 heterocycles. The van der Waals surface area contributed by atoms with E-state index in [1.54, 1.807) is 0 Å². The van der Waals surface area contributed by atoms with Crippen LogP contribution < -0.4 is 5.32 Å². The van der Waals surface area contributed by atoms with Crippen molar-refractivity contribution in [3.63, 3.8) is 0 Å². The van der Waals surface area contributed by atoms with Gasteiger partial charge < -0.3 is 10.2 Å². The van der Waals surface area contributed by atoms with Crippen LogP contribution in [0.5, 0.6) is 0 Å². The van der Waals surface area contributed by atoms with Gasteiger partial charge in [-0.05, 0) is 37.9 Å². The maximum Gasteiger partial charge on any atom is 0.00212 e. The average molecular weight is 227 g/mol. The highest BCUT2D eigenvalue weighted by Gasteiger charge is 2.38. The van der Waals surface area contributed by atoms with Crippen LogP contribution in [0, 0.1) is 5.41 Å². The van der Waals surface area contributed by atoms with Crippen LogP contribution in [0.4, 0.5) is 0 Å². The fourth-order valence-electron chi connectivity index (χ4n) is 2.18. The molecule has 13 heavy (non-hydrogen) atoms. The van der Waals surface area contributed by atoms with E-state index in [2.05, 4.69) is 17.1 Å². The second-order valence-corrected chi connectivity index (χ2v) is 4.04. The maximum absolute atomic E-state index is 3.39. The molecule has 0 amide bonds. The van der Waals surface area contributed by atoms with Gasteiger partial charge in [0.1, 0.15) is 0 Å². The molecule has 0 atom stereocenters. The minimum atomic E-state index is 0. The first-order chi connectivity index (χ1) is 5.35. The Morgan fingerprint density at radius 3 is 2.00 bits per heavy atom. The topological polar surface area (TPSA) is 15.3 Å². The monoisotopic (exact) mass is 226 g/mol. The van der Waals surface area contributed by atoms with E-state index in [9.17, 15) is 0 Å². The molecule has 2 saturated heterocycles. The Bertz CT molecular complexity index is 139. The molecular weight excluding hydrogens is 207 g/mol. The predicted octanol–water partition coefficient (Wildman–Crippen LogP) is 1.54. The Balaban J connectivity index is 0.000000720. The Kier molecular flexibility index (Phi) is 5.61. The van der Waals surface area contributed by atoms with Crippen LogP contribution in [0.25, 0.3) is 0 Å². The highest BCUT2D eigenvalue weighted by atomic mass is 35.5. The Hall–Kier alpha value is 0.500. The minimum absolute atomic E-state index is 0. The van der Waals surface area contributed by atoms with Gasteiger partial charge in [-0.2, -0.15) is 0 Å². The zero-order chi connectivity index (χ0) is 7.73. The number of hydrogen-bond acceptors (Lipinski definition) is 2. The van der Waals surface area contributed by atoms with Crippen LogP contribution in [0.1, 0.15) is 19.8 Å². The molecule has 0 aromatic heterocycles. The summed E-state index contributed by atoms with van der Waals surface area (Å²) in [5, 5.41) is 3.39. The molecule has 80 valence electrons. The molecule has 2 fully saturated rings. The molecule has 0 bridgehead atoms. The second-order valence-electron chi connectivity index (χ2n) is 4.04. The van der Waals surface area contributed by atoms with E-state index in [-0.39, 0.29) is 24.8 Å². The Morgan fingerprint density at radius 1 is 1.15 bits per heavy atom. The molecule has 2 nitrogen and oxygen atoms in total. The van der Waals surface area contributed by atoms with Gasteiger partial charge in [-0.3, -0.25) is 0 Å². The van der Waals surface area contributed by atoms with E-state index in [4.69, 9.17) is 0 Å². The molecule has 1 N–H and O–H groups in total. The quantitative estimate of drug-likeness (QED) is 0.730. The molecule has 2 aliphatic heterocycles. The van der Waals surface area contributed by atoms with Gasteiger partial charge in [-0.1, -0.05) is 6.92 Å². The summed E-state index contributed by atoms with van der Waals surface area (Å²) < 4.78 is 0. The summed E-state index contributed by atoms with van der Waals surface area (Å²) in [4.78, 5) is 2.56. The number of nitrogens with one attached hydrogen (secondary N) is 1. The van der Waals surface area contributed by atoms with Crippen molar-refractivity contribution in [2.24, 2.45) is 5.41 Å². The van der Waals surface area contributed by atoms with Gasteiger partial charge >= 0.3 is 0 Å². The molecule has 2 aliphatic rings. The van der Waals surface area contributed by atoms with E-state index < -0.39 is 0 Å². The van der Waals surface area contributed by atoms with Crippen LogP contribution in [0.2, 0.25) is 0 Å². The number of halogens is 2. The first-order valence-corrected chi connectivity index (χ1v) is 4.78. The smallest absolute Gasteiger partial charge is 0.00212 e. The van der Waals surface area contributed by atoms with Crippen molar-refractivity contribution in [3.8, 4) is 0 Å². The summed E-state index contributed by atoms with van der Waals surface area (Å²) >= 11 is 0. The van der Waals surface area contributed by atoms with Gasteiger partial charge in [0.05, 0.1) is 0 Å². The lowest BCUT2D eigenvalue weighted by Gasteiger charge is -2.48. The van der Waals surface area contributed by atoms with Crippen molar-refractivity contribution in [3.05, 3.63) is 0 Å². The fraction of sp³-hybridized carbons (Fsp3) is 1.00. The van der Waals surface area contributed by atoms with Crippen LogP contribution in [-0.4, -0.2) is 37.6 Å². The van der Waals surface area contributed by atoms with Crippen molar-refractivity contribution in [2.75, 3.05) is 32.7 Å². The van der Waals surface area contributed by atoms with E-state index in [1.165, 1.54) is 45.6 Å². The summed E-state index contributed by atoms with van der Waals surface area (Å²) in [6.45, 7) is 8.73. The van der Waals surface area contributed by atoms with Crippen LogP contribution in [0.3, 0.4) is 0 Å². The minimum Gasteiger partial charge on any atom is -0.316 e. The third kappa shape index (κ3) is 2.72. The average Bonchev–Trinajstić information content (AvgIpc) is 2.02. The first kappa shape index (κ1) is 13.5. The van der Waals surface area contributed by atoms with E-state index in [1.807, 2.05) is 0 Å². The normalized spacial score (nSPS) is 25.6. The van der Waals surface area contributed by atoms with Gasteiger partial charge in [0, 0.05) is 13.1 Å². The molecule has 2 rings (SSSR count). The van der Waals surface area contributed by atoms with Crippen molar-refractivity contribution in [1.82, 2.24) is 10.2 Å². The Morgan fingerprint density at radius 2 is 1.69 bits per heavy atom. The molecule has 0 radical (unpaired) electrons. The Labute approximate surface area is 93.3 Å². The molecule has 0 aliphatic carbocycles. The summed E-state index contributed by atoms with van der Waals surface area (Å²) in [6, 6.07) is 0. The van der Waals surface area contributed by atoms with Crippen LogP contribution in [0.15, 0.2) is 0 Å². The van der Waals surface area contributed by atoms with Crippen molar-refractivity contribution in [2.45, 2.75) is 19.8 Å². The number of piperidine rings is 1. The number of rotatable bonds is 1. The highest BCUT2D eigenvalue weighted by Crippen LogP contribution is 2.34. The van der Waals surface area contributed by atoms with Crippen LogP contribution >= 0.6 is 24.8 Å². The fourth-order valence-corrected chi connectivity index (χ4v) is 2.18. The molecule has 1 spiro atoms. The van der Waals surface area contributed by atoms with Crippen LogP contribution in [-0.2, 0) is 0 Å². The number of hydrogen-bond donors (Lipinski definition) is 1. The van der Waals surface area contributed by atoms with Crippen molar-refractivity contribution in [1.29, 1.82) is 0 Å². The second kappa shape index (κ2) is 5.40. The standard InChI is InChI=1S/C9H18N2.2ClH/c1-2-11-5-3-9(4-6-11)7-10-8-9;;/h10H,2-8H2,1H3;2*1H. The van der Waals surface area contributed by atoms with Gasteiger partial charge in [-0.25, -0.2) is 0 Å². The SMILES string of the molecule is CCN1CCC2(CC1)CNC2.Cl.Cl. The first-order valence-electron chi connectivity index (χ1n) is 4.78. The van der Waals surface area contributed by atoms with Gasteiger partial charge in [0.15, 0.2) is 0 Å². The van der Waals surface area contributed by atoms with E-state index in [0.29, 0.717) is 0 Å². The lowest BCUT2D eigenvalue weighted by molar-refractivity contribution is 0.0579. The lowest BCUT2D eigenvalue weighted by atomic mass is 9.73. The highest BCUT2D eigenvalue weighted by molar-refractivity contribution is 5.85. The summed E-state index contributed by atoms with van der Waals surface area (Å²) in [5.74, 6) is 0. The summed E-state index contributed by atoms with van der Waals surface area (Å²) in [6.07, 6.45) is 2.85. The zero-order valence-corrected chi connectivity index (χ0v) is 9.85. The molecule has 0 aromatic rings. The van der Waals surface area contributed by atoms with Gasteiger partial charge in [-0.15, -0.1) is 24.8 Å². The van der Waals surface area contributed by atoms with Crippen molar-refractivity contribution >= 4 is 24.8 Å². The summed E-state index contributed by atoms with van der Waals surface area (Å²) in [5.41, 5.74) is 0.728. The number of nitrogens with zero attached hydrogens (tertiary/aromatic N) is 1. The van der Waals surface area contributed by atoms with Gasteiger partial charge in [0.2, 0.25) is 0 Å². The molecule has 4 heteroatoms. The number of likely N-dealkylation sites (tertiary alicyclic amines) is 1. The molecular formula is C9H20Cl2N2. The third-order valence-corrected chi connectivity index (χ3v) is 3.36. The zero-order valence-electron chi connectivity index (χ0n) is 8.21. The van der Waals surface area contributed by atoms with E-state index >= 15 is 0 Å². The third-order valence-electron chi connectivity index (χ3n) is 3.36. The molecule has 0 saturated carbocycles. The van der Waals surface area contributed by atoms with Gasteiger partial charge in [0.25, 0.3) is 0 Å². The lowest BCUT2D eigenvalue weighted by Crippen LogP contribution is -2.58. The maximum atomic E-state index is 3.39. The van der Waals surface area contributed by atoms with E-state index in [0.717, 1.165) is 5.41 Å². The molecule has 0 aromatic carbocycles.